The fraction of sp³-hybridized carbons (Fsp3) is 0.714. The summed E-state index contributed by atoms with van der Waals surface area (Å²) >= 11 is 0. The van der Waals surface area contributed by atoms with Crippen LogP contribution >= 0.6 is 0 Å². The Morgan fingerprint density at radius 3 is 2.56 bits per heavy atom. The number of nitrogens with one attached hydrogen (secondary N) is 1. The summed E-state index contributed by atoms with van der Waals surface area (Å²) in [6.45, 7) is 7.65. The minimum atomic E-state index is -0.0799. The van der Waals surface area contributed by atoms with E-state index in [4.69, 9.17) is 0 Å². The van der Waals surface area contributed by atoms with E-state index in [1.165, 1.54) is 0 Å². The monoisotopic (exact) mass is 128 g/mol. The summed E-state index contributed by atoms with van der Waals surface area (Å²) in [6.07, 6.45) is 2.51. The van der Waals surface area contributed by atoms with Gasteiger partial charge in [-0.2, -0.15) is 0 Å². The molecule has 2 nitrogen and oxygen atoms in total. The third-order valence-electron chi connectivity index (χ3n) is 1.25. The maximum Gasteiger partial charge on any atom is 0.207 e. The van der Waals surface area contributed by atoms with Crippen LogP contribution in [0.5, 0.6) is 0 Å². The van der Waals surface area contributed by atoms with E-state index in [0.717, 1.165) is 19.3 Å². The van der Waals surface area contributed by atoms with Crippen molar-refractivity contribution in [2.24, 2.45) is 0 Å². The average Bonchev–Trinajstić information content (AvgIpc) is 1.64. The Bertz CT molecular complexity index is 88.9. The zero-order valence-electron chi connectivity index (χ0n) is 6.11. The van der Waals surface area contributed by atoms with Crippen molar-refractivity contribution >= 4 is 6.41 Å². The molecule has 0 fully saturated rings. The molecule has 0 spiro atoms. The van der Waals surface area contributed by atoms with Crippen LogP contribution in [0.4, 0.5) is 0 Å². The van der Waals surface area contributed by atoms with Crippen LogP contribution in [0.25, 0.3) is 0 Å². The van der Waals surface area contributed by atoms with E-state index in [9.17, 15) is 4.79 Å². The van der Waals surface area contributed by atoms with Gasteiger partial charge in [0.25, 0.3) is 0 Å². The molecule has 0 bridgehead atoms. The molecule has 0 unspecified atom stereocenters. The van der Waals surface area contributed by atoms with Gasteiger partial charge in [-0.15, -0.1) is 0 Å². The quantitative estimate of drug-likeness (QED) is 0.565. The van der Waals surface area contributed by atoms with Crippen LogP contribution in [0.15, 0.2) is 0 Å². The molecule has 0 aliphatic carbocycles. The van der Waals surface area contributed by atoms with Crippen LogP contribution in [0, 0.1) is 6.92 Å². The largest absolute Gasteiger partial charge is 0.354 e. The third kappa shape index (κ3) is 4.01. The molecule has 0 aliphatic heterocycles. The maximum absolute atomic E-state index is 9.96. The van der Waals surface area contributed by atoms with Crippen LogP contribution in [-0.4, -0.2) is 11.9 Å². The molecular weight excluding hydrogens is 114 g/mol. The summed E-state index contributed by atoms with van der Waals surface area (Å²) < 4.78 is 0. The van der Waals surface area contributed by atoms with Crippen LogP contribution in [0.2, 0.25) is 0 Å². The summed E-state index contributed by atoms with van der Waals surface area (Å²) in [5.74, 6) is 0. The van der Waals surface area contributed by atoms with Gasteiger partial charge in [-0.05, 0) is 20.3 Å². The van der Waals surface area contributed by atoms with E-state index < -0.39 is 0 Å². The molecule has 0 saturated carbocycles. The first-order chi connectivity index (χ1) is 4.12. The molecule has 0 aliphatic rings. The van der Waals surface area contributed by atoms with Crippen molar-refractivity contribution in [2.75, 3.05) is 0 Å². The molecule has 1 radical (unpaired) electrons. The second-order valence-corrected chi connectivity index (χ2v) is 2.75. The van der Waals surface area contributed by atoms with Crippen LogP contribution in [0.1, 0.15) is 26.7 Å². The standard InChI is InChI=1S/C7H14NO/c1-4-5-7(2,3)8-6-9/h6H,1,4-5H2,2-3H3,(H,8,9). The lowest BCUT2D eigenvalue weighted by atomic mass is 10.00. The molecule has 9 heavy (non-hydrogen) atoms. The van der Waals surface area contributed by atoms with Crippen molar-refractivity contribution in [2.45, 2.75) is 32.2 Å². The number of hydrogen-bond acceptors (Lipinski definition) is 1. The molecule has 1 N–H and O–H groups in total. The highest BCUT2D eigenvalue weighted by atomic mass is 16.1. The Morgan fingerprint density at radius 2 is 2.22 bits per heavy atom. The Kier molecular flexibility index (Phi) is 3.28. The van der Waals surface area contributed by atoms with Gasteiger partial charge in [0.05, 0.1) is 0 Å². The second-order valence-electron chi connectivity index (χ2n) is 2.75. The smallest absolute Gasteiger partial charge is 0.207 e. The maximum atomic E-state index is 9.96. The van der Waals surface area contributed by atoms with E-state index in [2.05, 4.69) is 12.2 Å². The number of carbonyl (C=O) groups excluding carboxylic acids is 1. The van der Waals surface area contributed by atoms with Crippen molar-refractivity contribution in [1.82, 2.24) is 5.32 Å². The molecule has 0 aromatic rings. The number of hydrogen-bond donors (Lipinski definition) is 1. The van der Waals surface area contributed by atoms with Gasteiger partial charge in [-0.25, -0.2) is 0 Å². The zero-order valence-corrected chi connectivity index (χ0v) is 6.11. The summed E-state index contributed by atoms with van der Waals surface area (Å²) in [7, 11) is 0. The SMILES string of the molecule is [CH2]CCC(C)(C)NC=O. The fourth-order valence-corrected chi connectivity index (χ4v) is 0.674. The number of amides is 1. The molecule has 0 saturated heterocycles. The van der Waals surface area contributed by atoms with Gasteiger partial charge in [0.2, 0.25) is 6.41 Å². The first-order valence-electron chi connectivity index (χ1n) is 3.13. The highest BCUT2D eigenvalue weighted by molar-refractivity contribution is 5.47. The van der Waals surface area contributed by atoms with Crippen LogP contribution in [-0.2, 0) is 4.79 Å². The molecule has 53 valence electrons. The zero-order chi connectivity index (χ0) is 7.33. The highest BCUT2D eigenvalue weighted by Crippen LogP contribution is 2.08. The van der Waals surface area contributed by atoms with Gasteiger partial charge in [0.1, 0.15) is 0 Å². The van der Waals surface area contributed by atoms with Crippen LogP contribution < -0.4 is 5.32 Å². The molecule has 1 amide bonds. The Labute approximate surface area is 56.6 Å². The van der Waals surface area contributed by atoms with Gasteiger partial charge >= 0.3 is 0 Å². The summed E-state index contributed by atoms with van der Waals surface area (Å²) in [6, 6.07) is 0. The number of carbonyl (C=O) groups is 1. The lowest BCUT2D eigenvalue weighted by molar-refractivity contribution is -0.110. The minimum Gasteiger partial charge on any atom is -0.354 e. The van der Waals surface area contributed by atoms with Gasteiger partial charge in [0.15, 0.2) is 0 Å². The van der Waals surface area contributed by atoms with E-state index in [1.807, 2.05) is 13.8 Å². The Morgan fingerprint density at radius 1 is 1.67 bits per heavy atom. The molecule has 0 heterocycles. The minimum absolute atomic E-state index is 0.0799. The lowest BCUT2D eigenvalue weighted by Gasteiger charge is -2.22. The molecule has 0 aromatic heterocycles. The Balaban J connectivity index is 3.55. The highest BCUT2D eigenvalue weighted by Gasteiger charge is 2.13. The van der Waals surface area contributed by atoms with E-state index in [1.54, 1.807) is 0 Å². The predicted octanol–water partition coefficient (Wildman–Crippen LogP) is 1.13. The molecule has 0 aromatic carbocycles. The second kappa shape index (κ2) is 3.49. The summed E-state index contributed by atoms with van der Waals surface area (Å²) in [5, 5.41) is 2.70. The van der Waals surface area contributed by atoms with Crippen molar-refractivity contribution in [3.05, 3.63) is 6.92 Å². The van der Waals surface area contributed by atoms with E-state index in [0.29, 0.717) is 0 Å². The first kappa shape index (κ1) is 8.47. The van der Waals surface area contributed by atoms with Crippen molar-refractivity contribution in [3.63, 3.8) is 0 Å². The van der Waals surface area contributed by atoms with Crippen LogP contribution in [0.3, 0.4) is 0 Å². The molecule has 0 atom stereocenters. The van der Waals surface area contributed by atoms with Gasteiger partial charge in [-0.3, -0.25) is 4.79 Å². The lowest BCUT2D eigenvalue weighted by Crippen LogP contribution is -2.37. The topological polar surface area (TPSA) is 29.1 Å². The summed E-state index contributed by atoms with van der Waals surface area (Å²) in [5.41, 5.74) is -0.0799. The average molecular weight is 128 g/mol. The first-order valence-corrected chi connectivity index (χ1v) is 3.13. The van der Waals surface area contributed by atoms with Crippen molar-refractivity contribution in [1.29, 1.82) is 0 Å². The molecular formula is C7H14NO. The fourth-order valence-electron chi connectivity index (χ4n) is 0.674. The van der Waals surface area contributed by atoms with Gasteiger partial charge < -0.3 is 5.32 Å². The van der Waals surface area contributed by atoms with Crippen molar-refractivity contribution < 1.29 is 4.79 Å². The van der Waals surface area contributed by atoms with E-state index >= 15 is 0 Å². The third-order valence-corrected chi connectivity index (χ3v) is 1.25. The molecule has 2 heteroatoms. The van der Waals surface area contributed by atoms with E-state index in [-0.39, 0.29) is 5.54 Å². The van der Waals surface area contributed by atoms with Gasteiger partial charge in [0, 0.05) is 5.54 Å². The summed E-state index contributed by atoms with van der Waals surface area (Å²) in [4.78, 5) is 9.96. The molecule has 0 rings (SSSR count). The Hall–Kier alpha value is -0.530. The number of rotatable bonds is 4. The normalized spacial score (nSPS) is 11.0. The van der Waals surface area contributed by atoms with Crippen molar-refractivity contribution in [3.8, 4) is 0 Å². The van der Waals surface area contributed by atoms with Gasteiger partial charge in [-0.1, -0.05) is 13.3 Å². The predicted molar refractivity (Wildman–Crippen MR) is 37.9 cm³/mol.